The molecule has 0 aromatic carbocycles. The van der Waals surface area contributed by atoms with Crippen LogP contribution in [-0.4, -0.2) is 37.5 Å². The lowest BCUT2D eigenvalue weighted by Gasteiger charge is -2.31. The fraction of sp³-hybridized carbons (Fsp3) is 0.769. The lowest BCUT2D eigenvalue weighted by Crippen LogP contribution is -2.35. The van der Waals surface area contributed by atoms with E-state index in [4.69, 9.17) is 15.2 Å². The molecule has 0 aromatic rings. The van der Waals surface area contributed by atoms with Crippen LogP contribution in [0.5, 0.6) is 0 Å². The van der Waals surface area contributed by atoms with E-state index in [0.29, 0.717) is 25.7 Å². The molecule has 5 nitrogen and oxygen atoms in total. The van der Waals surface area contributed by atoms with Crippen LogP contribution < -0.4 is 11.1 Å². The average molecular weight is 253 g/mol. The van der Waals surface area contributed by atoms with Crippen LogP contribution in [0.4, 0.5) is 0 Å². The number of nitrogens with zero attached hydrogens (tertiary/aromatic N) is 1. The number of ether oxygens (including phenoxy) is 2. The molecule has 5 heteroatoms. The van der Waals surface area contributed by atoms with Crippen molar-refractivity contribution in [2.75, 3.05) is 19.7 Å². The van der Waals surface area contributed by atoms with Gasteiger partial charge >= 0.3 is 0 Å². The second-order valence-corrected chi connectivity index (χ2v) is 4.92. The van der Waals surface area contributed by atoms with Crippen molar-refractivity contribution < 1.29 is 9.47 Å². The van der Waals surface area contributed by atoms with Crippen LogP contribution in [0.2, 0.25) is 0 Å². The zero-order chi connectivity index (χ0) is 12.8. The van der Waals surface area contributed by atoms with Crippen LogP contribution in [0.15, 0.2) is 17.6 Å². The summed E-state index contributed by atoms with van der Waals surface area (Å²) in [5.41, 5.74) is 5.70. The van der Waals surface area contributed by atoms with Crippen molar-refractivity contribution in [1.29, 1.82) is 0 Å². The Hall–Kier alpha value is -1.07. The molecule has 1 saturated carbocycles. The summed E-state index contributed by atoms with van der Waals surface area (Å²) in [6.45, 7) is 5.41. The highest BCUT2D eigenvalue weighted by Crippen LogP contribution is 2.37. The topological polar surface area (TPSA) is 68.9 Å². The van der Waals surface area contributed by atoms with Crippen molar-refractivity contribution in [2.45, 2.75) is 44.0 Å². The largest absolute Gasteiger partial charge is 0.370 e. The number of hydrogen-bond donors (Lipinski definition) is 2. The Morgan fingerprint density at radius 1 is 1.44 bits per heavy atom. The molecule has 2 aliphatic rings. The molecule has 1 aliphatic heterocycles. The maximum atomic E-state index is 6.01. The van der Waals surface area contributed by atoms with E-state index in [9.17, 15) is 0 Å². The van der Waals surface area contributed by atoms with E-state index >= 15 is 0 Å². The van der Waals surface area contributed by atoms with Crippen molar-refractivity contribution in [3.05, 3.63) is 12.7 Å². The quantitative estimate of drug-likeness (QED) is 0.448. The fourth-order valence-corrected chi connectivity index (χ4v) is 2.49. The van der Waals surface area contributed by atoms with Crippen LogP contribution in [0.1, 0.15) is 32.1 Å². The second kappa shape index (κ2) is 6.20. The second-order valence-electron chi connectivity index (χ2n) is 4.92. The lowest BCUT2D eigenvalue weighted by atomic mass is 9.94. The first-order chi connectivity index (χ1) is 8.74. The van der Waals surface area contributed by atoms with Gasteiger partial charge in [-0.3, -0.25) is 4.99 Å². The van der Waals surface area contributed by atoms with E-state index in [2.05, 4.69) is 16.9 Å². The standard InChI is InChI=1S/C13H23N3O2/c1-2-8-15-12(14)16-9-11-10-17-13(18-11)6-4-3-5-7-13/h2,11H,1,3-10H2,(H3,14,15,16). The molecule has 3 N–H and O–H groups in total. The highest BCUT2D eigenvalue weighted by Gasteiger charge is 2.41. The molecule has 1 spiro atoms. The van der Waals surface area contributed by atoms with Gasteiger partial charge in [0, 0.05) is 19.4 Å². The van der Waals surface area contributed by atoms with E-state index in [-0.39, 0.29) is 11.9 Å². The molecule has 18 heavy (non-hydrogen) atoms. The lowest BCUT2D eigenvalue weighted by molar-refractivity contribution is -0.186. The smallest absolute Gasteiger partial charge is 0.188 e. The summed E-state index contributed by atoms with van der Waals surface area (Å²) in [5.74, 6) is 0.116. The zero-order valence-corrected chi connectivity index (χ0v) is 10.9. The minimum Gasteiger partial charge on any atom is -0.370 e. The Bertz CT molecular complexity index is 311. The molecule has 1 unspecified atom stereocenters. The highest BCUT2D eigenvalue weighted by molar-refractivity contribution is 5.77. The van der Waals surface area contributed by atoms with Gasteiger partial charge in [0.05, 0.1) is 13.2 Å². The van der Waals surface area contributed by atoms with Crippen molar-refractivity contribution in [3.8, 4) is 0 Å². The summed E-state index contributed by atoms with van der Waals surface area (Å²) in [6, 6.07) is 0. The minimum absolute atomic E-state index is 0.0344. The Morgan fingerprint density at radius 2 is 2.22 bits per heavy atom. The van der Waals surface area contributed by atoms with Gasteiger partial charge in [0.25, 0.3) is 0 Å². The molecule has 1 atom stereocenters. The molecule has 1 heterocycles. The van der Waals surface area contributed by atoms with Crippen LogP contribution in [0.25, 0.3) is 0 Å². The van der Waals surface area contributed by atoms with E-state index in [1.807, 2.05) is 0 Å². The van der Waals surface area contributed by atoms with Crippen LogP contribution in [0, 0.1) is 0 Å². The van der Waals surface area contributed by atoms with E-state index < -0.39 is 0 Å². The molecule has 1 aliphatic carbocycles. The third kappa shape index (κ3) is 3.46. The Morgan fingerprint density at radius 3 is 2.94 bits per heavy atom. The predicted octanol–water partition coefficient (Wildman–Crippen LogP) is 1.15. The monoisotopic (exact) mass is 253 g/mol. The van der Waals surface area contributed by atoms with Gasteiger partial charge in [-0.2, -0.15) is 0 Å². The SMILES string of the molecule is C=CCNC(N)=NCC1COC2(CCCCC2)O1. The van der Waals surface area contributed by atoms with Gasteiger partial charge in [-0.15, -0.1) is 6.58 Å². The first kappa shape index (κ1) is 13.4. The van der Waals surface area contributed by atoms with Crippen molar-refractivity contribution in [1.82, 2.24) is 5.32 Å². The fourth-order valence-electron chi connectivity index (χ4n) is 2.49. The maximum absolute atomic E-state index is 6.01. The molecule has 1 saturated heterocycles. The van der Waals surface area contributed by atoms with Crippen molar-refractivity contribution >= 4 is 5.96 Å². The average Bonchev–Trinajstić information content (AvgIpc) is 2.78. The van der Waals surface area contributed by atoms with E-state index in [0.717, 1.165) is 12.8 Å². The minimum atomic E-state index is -0.318. The Kier molecular flexibility index (Phi) is 4.60. The first-order valence-corrected chi connectivity index (χ1v) is 6.70. The number of nitrogens with two attached hydrogens (primary N) is 1. The molecule has 2 rings (SSSR count). The highest BCUT2D eigenvalue weighted by atomic mass is 16.7. The van der Waals surface area contributed by atoms with E-state index in [1.165, 1.54) is 19.3 Å². The summed E-state index contributed by atoms with van der Waals surface area (Å²) in [7, 11) is 0. The van der Waals surface area contributed by atoms with Crippen LogP contribution in [0.3, 0.4) is 0 Å². The molecular weight excluding hydrogens is 230 g/mol. The van der Waals surface area contributed by atoms with Gasteiger partial charge in [-0.25, -0.2) is 0 Å². The van der Waals surface area contributed by atoms with Crippen LogP contribution >= 0.6 is 0 Å². The predicted molar refractivity (Wildman–Crippen MR) is 71.3 cm³/mol. The van der Waals surface area contributed by atoms with Crippen molar-refractivity contribution in [2.24, 2.45) is 10.7 Å². The first-order valence-electron chi connectivity index (χ1n) is 6.70. The number of aliphatic imine (C=N–C) groups is 1. The van der Waals surface area contributed by atoms with Gasteiger partial charge in [0.1, 0.15) is 6.10 Å². The molecule has 0 radical (unpaired) electrons. The molecule has 0 aromatic heterocycles. The van der Waals surface area contributed by atoms with Crippen molar-refractivity contribution in [3.63, 3.8) is 0 Å². The Balaban J connectivity index is 1.76. The normalized spacial score (nSPS) is 27.3. The van der Waals surface area contributed by atoms with Gasteiger partial charge in [0.15, 0.2) is 11.7 Å². The molecule has 0 amide bonds. The number of rotatable bonds is 4. The van der Waals surface area contributed by atoms with Gasteiger partial charge in [-0.05, 0) is 12.8 Å². The molecule has 102 valence electrons. The molecule has 0 bridgehead atoms. The molecular formula is C13H23N3O2. The molecule has 2 fully saturated rings. The zero-order valence-electron chi connectivity index (χ0n) is 10.9. The summed E-state index contributed by atoms with van der Waals surface area (Å²) >= 11 is 0. The summed E-state index contributed by atoms with van der Waals surface area (Å²) in [5, 5.41) is 2.94. The van der Waals surface area contributed by atoms with Crippen LogP contribution in [-0.2, 0) is 9.47 Å². The van der Waals surface area contributed by atoms with E-state index in [1.54, 1.807) is 6.08 Å². The summed E-state index contributed by atoms with van der Waals surface area (Å²) in [4.78, 5) is 4.25. The maximum Gasteiger partial charge on any atom is 0.188 e. The number of guanidine groups is 1. The summed E-state index contributed by atoms with van der Waals surface area (Å²) < 4.78 is 11.9. The third-order valence-corrected chi connectivity index (χ3v) is 3.42. The van der Waals surface area contributed by atoms with Gasteiger partial charge in [-0.1, -0.05) is 12.5 Å². The van der Waals surface area contributed by atoms with Gasteiger partial charge in [0.2, 0.25) is 0 Å². The third-order valence-electron chi connectivity index (χ3n) is 3.42. The number of hydrogen-bond acceptors (Lipinski definition) is 3. The number of nitrogens with one attached hydrogen (secondary N) is 1. The Labute approximate surface area is 108 Å². The summed E-state index contributed by atoms with van der Waals surface area (Å²) in [6.07, 6.45) is 7.48. The van der Waals surface area contributed by atoms with Gasteiger partial charge < -0.3 is 20.5 Å².